The molecule has 1 unspecified atom stereocenters. The number of hydrogen-bond donors (Lipinski definition) is 2. The van der Waals surface area contributed by atoms with E-state index in [1.807, 2.05) is 4.90 Å². The molecule has 1 aromatic carbocycles. The highest BCUT2D eigenvalue weighted by Gasteiger charge is 2.34. The Morgan fingerprint density at radius 2 is 2.04 bits per heavy atom. The van der Waals surface area contributed by atoms with Crippen LogP contribution in [0, 0.1) is 5.41 Å². The summed E-state index contributed by atoms with van der Waals surface area (Å²) in [6, 6.07) is 10.2. The summed E-state index contributed by atoms with van der Waals surface area (Å²) in [7, 11) is -3.55. The third-order valence-electron chi connectivity index (χ3n) is 4.72. The molecule has 1 aliphatic rings. The van der Waals surface area contributed by atoms with Crippen molar-refractivity contribution in [2.24, 2.45) is 11.1 Å². The van der Waals surface area contributed by atoms with Gasteiger partial charge in [0.15, 0.2) is 0 Å². The van der Waals surface area contributed by atoms with Gasteiger partial charge in [-0.2, -0.15) is 0 Å². The number of thiophene rings is 1. The van der Waals surface area contributed by atoms with Crippen LogP contribution >= 0.6 is 11.3 Å². The van der Waals surface area contributed by atoms with Crippen LogP contribution in [-0.4, -0.2) is 38.9 Å². The third-order valence-corrected chi connectivity index (χ3v) is 7.50. The number of benzene rings is 1. The molecule has 1 saturated heterocycles. The van der Waals surface area contributed by atoms with Gasteiger partial charge in [0.25, 0.3) is 10.0 Å². The summed E-state index contributed by atoms with van der Waals surface area (Å²) >= 11 is 1.17. The second kappa shape index (κ2) is 7.38. The summed E-state index contributed by atoms with van der Waals surface area (Å²) in [5.41, 5.74) is 7.14. The fourth-order valence-electron chi connectivity index (χ4n) is 3.00. The Labute approximate surface area is 158 Å². The van der Waals surface area contributed by atoms with Crippen molar-refractivity contribution in [2.45, 2.75) is 24.0 Å². The lowest BCUT2D eigenvalue weighted by molar-refractivity contribution is -0.129. The Hall–Kier alpha value is -1.90. The van der Waals surface area contributed by atoms with E-state index in [4.69, 9.17) is 5.73 Å². The molecule has 140 valence electrons. The fourth-order valence-corrected chi connectivity index (χ4v) is 5.05. The minimum absolute atomic E-state index is 0.0135. The first-order valence-electron chi connectivity index (χ1n) is 8.44. The van der Waals surface area contributed by atoms with Crippen molar-refractivity contribution in [3.05, 3.63) is 47.3 Å². The lowest BCUT2D eigenvalue weighted by Gasteiger charge is -2.22. The molecule has 6 nitrogen and oxygen atoms in total. The van der Waals surface area contributed by atoms with Gasteiger partial charge in [-0.1, -0.05) is 25.1 Å². The fraction of sp³-hybridized carbons (Fsp3) is 0.389. The maximum Gasteiger partial charge on any atom is 0.271 e. The van der Waals surface area contributed by atoms with Gasteiger partial charge in [-0.15, -0.1) is 11.3 Å². The van der Waals surface area contributed by atoms with Gasteiger partial charge < -0.3 is 10.6 Å². The van der Waals surface area contributed by atoms with Crippen molar-refractivity contribution < 1.29 is 13.2 Å². The van der Waals surface area contributed by atoms with E-state index in [0.29, 0.717) is 25.2 Å². The number of hydrogen-bond acceptors (Lipinski definition) is 5. The van der Waals surface area contributed by atoms with Gasteiger partial charge in [0, 0.05) is 18.8 Å². The van der Waals surface area contributed by atoms with Crippen molar-refractivity contribution in [1.82, 2.24) is 4.90 Å². The summed E-state index contributed by atoms with van der Waals surface area (Å²) in [6.07, 6.45) is 1.23. The molecular formula is C18H23N3O3S2. The van der Waals surface area contributed by atoms with Crippen LogP contribution in [-0.2, 0) is 21.2 Å². The van der Waals surface area contributed by atoms with E-state index in [1.54, 1.807) is 41.8 Å². The van der Waals surface area contributed by atoms with Crippen LogP contribution in [0.1, 0.15) is 18.9 Å². The minimum Gasteiger partial charge on any atom is -0.342 e. The van der Waals surface area contributed by atoms with E-state index in [2.05, 4.69) is 11.6 Å². The number of nitrogens with one attached hydrogen (secondary N) is 1. The highest BCUT2D eigenvalue weighted by molar-refractivity contribution is 7.94. The number of carbonyl (C=O) groups is 1. The van der Waals surface area contributed by atoms with E-state index in [-0.39, 0.29) is 15.5 Å². The molecule has 0 aliphatic carbocycles. The maximum atomic E-state index is 12.5. The second-order valence-electron chi connectivity index (χ2n) is 6.99. The van der Waals surface area contributed by atoms with E-state index < -0.39 is 10.0 Å². The number of carbonyl (C=O) groups excluding carboxylic acids is 1. The number of amides is 1. The topological polar surface area (TPSA) is 92.5 Å². The first kappa shape index (κ1) is 18.9. The van der Waals surface area contributed by atoms with Gasteiger partial charge in [0.2, 0.25) is 5.91 Å². The first-order chi connectivity index (χ1) is 12.3. The number of likely N-dealkylation sites (tertiary alicyclic amines) is 1. The van der Waals surface area contributed by atoms with Gasteiger partial charge in [-0.05, 0) is 47.5 Å². The van der Waals surface area contributed by atoms with Crippen LogP contribution in [0.5, 0.6) is 0 Å². The Balaban J connectivity index is 1.61. The summed E-state index contributed by atoms with van der Waals surface area (Å²) in [5, 5.41) is 1.72. The molecule has 1 aromatic heterocycles. The third kappa shape index (κ3) is 4.25. The van der Waals surface area contributed by atoms with Gasteiger partial charge in [-0.3, -0.25) is 9.52 Å². The molecule has 26 heavy (non-hydrogen) atoms. The molecule has 3 rings (SSSR count). The van der Waals surface area contributed by atoms with Gasteiger partial charge >= 0.3 is 0 Å². The van der Waals surface area contributed by atoms with Crippen molar-refractivity contribution in [3.63, 3.8) is 0 Å². The van der Waals surface area contributed by atoms with Gasteiger partial charge in [0.05, 0.1) is 6.42 Å². The molecule has 0 spiro atoms. The van der Waals surface area contributed by atoms with Crippen LogP contribution < -0.4 is 10.5 Å². The number of nitrogens with two attached hydrogens (primary N) is 1. The Morgan fingerprint density at radius 3 is 2.62 bits per heavy atom. The van der Waals surface area contributed by atoms with E-state index >= 15 is 0 Å². The Bertz CT molecular complexity index is 864. The zero-order valence-electron chi connectivity index (χ0n) is 14.6. The van der Waals surface area contributed by atoms with Crippen LogP contribution in [0.4, 0.5) is 5.69 Å². The summed E-state index contributed by atoms with van der Waals surface area (Å²) in [5.74, 6) is 0.0779. The zero-order chi connectivity index (χ0) is 18.8. The molecule has 8 heteroatoms. The van der Waals surface area contributed by atoms with Crippen molar-refractivity contribution in [3.8, 4) is 0 Å². The SMILES string of the molecule is CC1(CN)CCN(C(=O)Cc2ccc(NS(=O)(=O)c3cccs3)cc2)C1. The summed E-state index contributed by atoms with van der Waals surface area (Å²) in [4.78, 5) is 14.3. The highest BCUT2D eigenvalue weighted by atomic mass is 32.2. The van der Waals surface area contributed by atoms with Crippen molar-refractivity contribution in [1.29, 1.82) is 0 Å². The molecule has 2 heterocycles. The van der Waals surface area contributed by atoms with Gasteiger partial charge in [-0.25, -0.2) is 8.42 Å². The average Bonchev–Trinajstić information content (AvgIpc) is 3.27. The summed E-state index contributed by atoms with van der Waals surface area (Å²) < 4.78 is 27.3. The first-order valence-corrected chi connectivity index (χ1v) is 10.8. The molecule has 0 bridgehead atoms. The zero-order valence-corrected chi connectivity index (χ0v) is 16.3. The number of rotatable bonds is 6. The monoisotopic (exact) mass is 393 g/mol. The molecule has 2 aromatic rings. The molecular weight excluding hydrogens is 370 g/mol. The molecule has 1 atom stereocenters. The molecule has 1 aliphatic heterocycles. The highest BCUT2D eigenvalue weighted by Crippen LogP contribution is 2.29. The van der Waals surface area contributed by atoms with Crippen LogP contribution in [0.15, 0.2) is 46.0 Å². The number of nitrogens with zero attached hydrogens (tertiary/aromatic N) is 1. The predicted molar refractivity (Wildman–Crippen MR) is 104 cm³/mol. The van der Waals surface area contributed by atoms with Crippen molar-refractivity contribution >= 4 is 33.0 Å². The Morgan fingerprint density at radius 1 is 1.31 bits per heavy atom. The minimum atomic E-state index is -3.55. The number of sulfonamides is 1. The van der Waals surface area contributed by atoms with Crippen molar-refractivity contribution in [2.75, 3.05) is 24.4 Å². The molecule has 0 radical (unpaired) electrons. The largest absolute Gasteiger partial charge is 0.342 e. The second-order valence-corrected chi connectivity index (χ2v) is 9.85. The average molecular weight is 394 g/mol. The van der Waals surface area contributed by atoms with Crippen LogP contribution in [0.25, 0.3) is 0 Å². The quantitative estimate of drug-likeness (QED) is 0.787. The standard InChI is InChI=1S/C18H23N3O3S2/c1-18(12-19)8-9-21(13-18)16(22)11-14-4-6-15(7-5-14)20-26(23,24)17-3-2-10-25-17/h2-7,10,20H,8-9,11-13,19H2,1H3. The molecule has 1 amide bonds. The normalized spacial score (nSPS) is 20.3. The van der Waals surface area contributed by atoms with Crippen LogP contribution in [0.3, 0.4) is 0 Å². The van der Waals surface area contributed by atoms with Gasteiger partial charge in [0.1, 0.15) is 4.21 Å². The Kier molecular flexibility index (Phi) is 5.36. The van der Waals surface area contributed by atoms with E-state index in [1.165, 1.54) is 11.3 Å². The predicted octanol–water partition coefficient (Wildman–Crippen LogP) is 2.29. The van der Waals surface area contributed by atoms with E-state index in [9.17, 15) is 13.2 Å². The lowest BCUT2D eigenvalue weighted by Crippen LogP contribution is -2.35. The van der Waals surface area contributed by atoms with E-state index in [0.717, 1.165) is 18.5 Å². The molecule has 3 N–H and O–H groups in total. The molecule has 1 fully saturated rings. The summed E-state index contributed by atoms with van der Waals surface area (Å²) in [6.45, 7) is 4.12. The smallest absolute Gasteiger partial charge is 0.271 e. The molecule has 0 saturated carbocycles. The maximum absolute atomic E-state index is 12.5. The van der Waals surface area contributed by atoms with Crippen LogP contribution in [0.2, 0.25) is 0 Å². The lowest BCUT2D eigenvalue weighted by atomic mass is 9.90. The number of anilines is 1.